The van der Waals surface area contributed by atoms with Crippen molar-refractivity contribution in [2.24, 2.45) is 0 Å². The number of rotatable bonds is 12. The van der Waals surface area contributed by atoms with E-state index in [1.54, 1.807) is 109 Å². The van der Waals surface area contributed by atoms with Crippen LogP contribution >= 0.6 is 23.2 Å². The van der Waals surface area contributed by atoms with Crippen LogP contribution < -0.4 is 20.1 Å². The lowest BCUT2D eigenvalue weighted by molar-refractivity contribution is -0.118. The van der Waals surface area contributed by atoms with Gasteiger partial charge in [-0.25, -0.2) is 0 Å². The standard InChI is InChI=1S/C33H26Cl2N2O5/c34-25-7-11-27(12-8-25)36-32(39)21-41-30-17-3-23(4-18-30)1-15-29(38)16-2-24-5-19-31(20-6-24)42-22-33(40)37-28-13-9-26(35)10-14-28/h1-20H,21-22H2,(H,36,39)(H,37,40)/b15-1+,16-2+. The number of anilines is 2. The number of ether oxygens (including phenoxy) is 2. The number of nitrogens with one attached hydrogen (secondary N) is 2. The highest BCUT2D eigenvalue weighted by Crippen LogP contribution is 2.17. The Labute approximate surface area is 253 Å². The van der Waals surface area contributed by atoms with Crippen LogP contribution in [0, 0.1) is 0 Å². The van der Waals surface area contributed by atoms with Crippen LogP contribution in [0.4, 0.5) is 11.4 Å². The van der Waals surface area contributed by atoms with E-state index in [1.165, 1.54) is 12.2 Å². The molecule has 0 aliphatic carbocycles. The highest BCUT2D eigenvalue weighted by atomic mass is 35.5. The molecule has 212 valence electrons. The van der Waals surface area contributed by atoms with E-state index in [0.29, 0.717) is 32.9 Å². The summed E-state index contributed by atoms with van der Waals surface area (Å²) in [4.78, 5) is 36.4. The maximum absolute atomic E-state index is 12.3. The van der Waals surface area contributed by atoms with Crippen LogP contribution in [0.2, 0.25) is 10.0 Å². The van der Waals surface area contributed by atoms with Crippen LogP contribution in [0.15, 0.2) is 109 Å². The topological polar surface area (TPSA) is 93.7 Å². The minimum absolute atomic E-state index is 0.145. The van der Waals surface area contributed by atoms with Crippen molar-refractivity contribution >= 4 is 64.3 Å². The van der Waals surface area contributed by atoms with E-state index >= 15 is 0 Å². The first-order valence-electron chi connectivity index (χ1n) is 12.8. The summed E-state index contributed by atoms with van der Waals surface area (Å²) in [6, 6.07) is 27.6. The SMILES string of the molecule is O=C(/C=C/c1ccc(OCC(=O)Nc2ccc(Cl)cc2)cc1)/C=C/c1ccc(OCC(=O)Nc2ccc(Cl)cc2)cc1. The average Bonchev–Trinajstić information content (AvgIpc) is 3.00. The summed E-state index contributed by atoms with van der Waals surface area (Å²) in [5.74, 6) is 0.281. The van der Waals surface area contributed by atoms with E-state index in [-0.39, 0.29) is 30.8 Å². The second kappa shape index (κ2) is 15.2. The van der Waals surface area contributed by atoms with Gasteiger partial charge in [0.05, 0.1) is 0 Å². The zero-order chi connectivity index (χ0) is 29.7. The van der Waals surface area contributed by atoms with Gasteiger partial charge < -0.3 is 20.1 Å². The van der Waals surface area contributed by atoms with E-state index in [1.807, 2.05) is 0 Å². The maximum atomic E-state index is 12.3. The summed E-state index contributed by atoms with van der Waals surface area (Å²) < 4.78 is 11.0. The third-order valence-electron chi connectivity index (χ3n) is 5.64. The Balaban J connectivity index is 1.18. The van der Waals surface area contributed by atoms with Gasteiger partial charge in [0.1, 0.15) is 11.5 Å². The van der Waals surface area contributed by atoms with Gasteiger partial charge in [0.2, 0.25) is 0 Å². The molecule has 0 heterocycles. The molecule has 0 aliphatic rings. The zero-order valence-corrected chi connectivity index (χ0v) is 23.8. The normalized spacial score (nSPS) is 10.9. The molecule has 0 saturated carbocycles. The Morgan fingerprint density at radius 3 is 1.26 bits per heavy atom. The molecule has 42 heavy (non-hydrogen) atoms. The Kier molecular flexibility index (Phi) is 10.9. The monoisotopic (exact) mass is 600 g/mol. The lowest BCUT2D eigenvalue weighted by Gasteiger charge is -2.08. The molecule has 0 atom stereocenters. The minimum Gasteiger partial charge on any atom is -0.484 e. The first kappa shape index (κ1) is 30.1. The molecule has 2 amide bonds. The molecule has 0 fully saturated rings. The summed E-state index contributed by atoms with van der Waals surface area (Å²) in [6.45, 7) is -0.290. The van der Waals surface area contributed by atoms with Gasteiger partial charge in [-0.1, -0.05) is 59.6 Å². The molecule has 0 bridgehead atoms. The average molecular weight is 601 g/mol. The van der Waals surface area contributed by atoms with Crippen molar-refractivity contribution in [2.75, 3.05) is 23.8 Å². The van der Waals surface area contributed by atoms with Crippen LogP contribution in [-0.4, -0.2) is 30.8 Å². The van der Waals surface area contributed by atoms with Gasteiger partial charge >= 0.3 is 0 Å². The van der Waals surface area contributed by atoms with Gasteiger partial charge in [-0.2, -0.15) is 0 Å². The zero-order valence-electron chi connectivity index (χ0n) is 22.3. The van der Waals surface area contributed by atoms with Crippen molar-refractivity contribution < 1.29 is 23.9 Å². The molecule has 0 radical (unpaired) electrons. The highest BCUT2D eigenvalue weighted by Gasteiger charge is 2.05. The molecule has 0 saturated heterocycles. The van der Waals surface area contributed by atoms with Gasteiger partial charge in [0, 0.05) is 21.4 Å². The van der Waals surface area contributed by atoms with Gasteiger partial charge in [-0.3, -0.25) is 14.4 Å². The summed E-state index contributed by atoms with van der Waals surface area (Å²) in [5, 5.41) is 6.63. The molecule has 0 aromatic heterocycles. The fraction of sp³-hybridized carbons (Fsp3) is 0.0606. The van der Waals surface area contributed by atoms with Crippen LogP contribution in [-0.2, 0) is 14.4 Å². The van der Waals surface area contributed by atoms with Crippen LogP contribution in [0.5, 0.6) is 11.5 Å². The second-order valence-electron chi connectivity index (χ2n) is 8.89. The quantitative estimate of drug-likeness (QED) is 0.166. The van der Waals surface area contributed by atoms with Crippen LogP contribution in [0.1, 0.15) is 11.1 Å². The molecule has 4 rings (SSSR count). The van der Waals surface area contributed by atoms with Crippen molar-refractivity contribution in [2.45, 2.75) is 0 Å². The number of carbonyl (C=O) groups is 3. The molecule has 2 N–H and O–H groups in total. The van der Waals surface area contributed by atoms with Gasteiger partial charge in [0.25, 0.3) is 11.8 Å². The number of amides is 2. The maximum Gasteiger partial charge on any atom is 0.262 e. The van der Waals surface area contributed by atoms with Crippen molar-refractivity contribution in [1.29, 1.82) is 0 Å². The molecule has 0 unspecified atom stereocenters. The van der Waals surface area contributed by atoms with Crippen molar-refractivity contribution in [1.82, 2.24) is 0 Å². The summed E-state index contributed by atoms with van der Waals surface area (Å²) in [7, 11) is 0. The molecule has 4 aromatic rings. The van der Waals surface area contributed by atoms with Gasteiger partial charge in [-0.15, -0.1) is 0 Å². The Morgan fingerprint density at radius 2 is 0.905 bits per heavy atom. The predicted octanol–water partition coefficient (Wildman–Crippen LogP) is 7.32. The molecule has 0 spiro atoms. The minimum atomic E-state index is -0.293. The number of carbonyl (C=O) groups excluding carboxylic acids is 3. The van der Waals surface area contributed by atoms with Gasteiger partial charge in [-0.05, 0) is 96.1 Å². The number of halogens is 2. The van der Waals surface area contributed by atoms with E-state index in [9.17, 15) is 14.4 Å². The smallest absolute Gasteiger partial charge is 0.262 e. The number of ketones is 1. The van der Waals surface area contributed by atoms with E-state index in [0.717, 1.165) is 11.1 Å². The van der Waals surface area contributed by atoms with E-state index in [4.69, 9.17) is 32.7 Å². The Morgan fingerprint density at radius 1 is 0.548 bits per heavy atom. The van der Waals surface area contributed by atoms with Crippen molar-refractivity contribution in [3.63, 3.8) is 0 Å². The number of hydrogen-bond donors (Lipinski definition) is 2. The lowest BCUT2D eigenvalue weighted by atomic mass is 10.1. The molecule has 4 aromatic carbocycles. The fourth-order valence-electron chi connectivity index (χ4n) is 3.52. The van der Waals surface area contributed by atoms with Crippen LogP contribution in [0.25, 0.3) is 12.2 Å². The van der Waals surface area contributed by atoms with Gasteiger partial charge in [0.15, 0.2) is 19.0 Å². The number of allylic oxidation sites excluding steroid dienone is 2. The number of hydrogen-bond acceptors (Lipinski definition) is 5. The van der Waals surface area contributed by atoms with E-state index < -0.39 is 0 Å². The molecule has 7 nitrogen and oxygen atoms in total. The third-order valence-corrected chi connectivity index (χ3v) is 6.14. The summed E-state index contributed by atoms with van der Waals surface area (Å²) in [5.41, 5.74) is 2.86. The first-order chi connectivity index (χ1) is 20.3. The number of benzene rings is 4. The Hall–Kier alpha value is -4.85. The molecular weight excluding hydrogens is 575 g/mol. The summed E-state index contributed by atoms with van der Waals surface area (Å²) >= 11 is 11.7. The fourth-order valence-corrected chi connectivity index (χ4v) is 3.77. The molecule has 9 heteroatoms. The first-order valence-corrected chi connectivity index (χ1v) is 13.5. The largest absolute Gasteiger partial charge is 0.484 e. The third kappa shape index (κ3) is 10.3. The molecular formula is C33H26Cl2N2O5. The summed E-state index contributed by atoms with van der Waals surface area (Å²) in [6.07, 6.45) is 6.30. The lowest BCUT2D eigenvalue weighted by Crippen LogP contribution is -2.20. The second-order valence-corrected chi connectivity index (χ2v) is 9.77. The Bertz CT molecular complexity index is 1450. The predicted molar refractivity (Wildman–Crippen MR) is 167 cm³/mol. The van der Waals surface area contributed by atoms with E-state index in [2.05, 4.69) is 10.6 Å². The van der Waals surface area contributed by atoms with Crippen molar-refractivity contribution in [3.05, 3.63) is 130 Å². The molecule has 0 aliphatic heterocycles. The highest BCUT2D eigenvalue weighted by molar-refractivity contribution is 6.31. The van der Waals surface area contributed by atoms with Crippen molar-refractivity contribution in [3.8, 4) is 11.5 Å². The van der Waals surface area contributed by atoms with Crippen LogP contribution in [0.3, 0.4) is 0 Å².